The third-order valence-electron chi connectivity index (χ3n) is 5.29. The molecule has 0 aromatic heterocycles. The first-order chi connectivity index (χ1) is 11.4. The van der Waals surface area contributed by atoms with Crippen LogP contribution in [0.5, 0.6) is 0 Å². The van der Waals surface area contributed by atoms with Crippen LogP contribution >= 0.6 is 0 Å². The van der Waals surface area contributed by atoms with Crippen LogP contribution in [0, 0.1) is 17.3 Å². The van der Waals surface area contributed by atoms with Crippen molar-refractivity contribution in [1.29, 1.82) is 0 Å². The molecule has 0 aromatic carbocycles. The van der Waals surface area contributed by atoms with Crippen LogP contribution in [-0.2, 0) is 4.74 Å². The predicted octanol–water partition coefficient (Wildman–Crippen LogP) is 5.07. The highest BCUT2D eigenvalue weighted by Gasteiger charge is 2.29. The summed E-state index contributed by atoms with van der Waals surface area (Å²) < 4.78 is 5.51. The molecule has 4 heteroatoms. The second-order valence-electron chi connectivity index (χ2n) is 10.1. The fraction of sp³-hybridized carbons (Fsp3) is 0.952. The van der Waals surface area contributed by atoms with E-state index in [-0.39, 0.29) is 12.1 Å². The SMILES string of the molecule is CC(C)N(CCNCC1CCC(C(C)(C)C)CC1)C(=O)OC(C)(C)C. The number of nitrogens with zero attached hydrogens (tertiary/aromatic N) is 1. The van der Waals surface area contributed by atoms with Crippen LogP contribution in [-0.4, -0.2) is 42.3 Å². The zero-order valence-corrected chi connectivity index (χ0v) is 17.9. The Kier molecular flexibility index (Phi) is 8.24. The summed E-state index contributed by atoms with van der Waals surface area (Å²) >= 11 is 0. The summed E-state index contributed by atoms with van der Waals surface area (Å²) in [6.45, 7) is 19.5. The van der Waals surface area contributed by atoms with Crippen molar-refractivity contribution < 1.29 is 9.53 Å². The highest BCUT2D eigenvalue weighted by Crippen LogP contribution is 2.39. The van der Waals surface area contributed by atoms with Gasteiger partial charge in [0.15, 0.2) is 0 Å². The Bertz CT molecular complexity index is 399. The van der Waals surface area contributed by atoms with E-state index in [1.165, 1.54) is 25.7 Å². The number of carbonyl (C=O) groups excluding carboxylic acids is 1. The van der Waals surface area contributed by atoms with Crippen molar-refractivity contribution in [2.75, 3.05) is 19.6 Å². The first kappa shape index (κ1) is 22.3. The molecule has 0 saturated heterocycles. The summed E-state index contributed by atoms with van der Waals surface area (Å²) in [6, 6.07) is 0.152. The van der Waals surface area contributed by atoms with Gasteiger partial charge in [-0.2, -0.15) is 0 Å². The molecule has 1 saturated carbocycles. The van der Waals surface area contributed by atoms with Crippen molar-refractivity contribution in [2.24, 2.45) is 17.3 Å². The van der Waals surface area contributed by atoms with Crippen molar-refractivity contribution in [2.45, 2.75) is 92.7 Å². The molecule has 0 bridgehead atoms. The molecular formula is C21H42N2O2. The highest BCUT2D eigenvalue weighted by molar-refractivity contribution is 5.68. The standard InChI is InChI=1S/C21H42N2O2/c1-16(2)23(19(24)25-21(6,7)8)14-13-22-15-17-9-11-18(12-10-17)20(3,4)5/h16-18,22H,9-15H2,1-8H3. The predicted molar refractivity (Wildman–Crippen MR) is 106 cm³/mol. The van der Waals surface area contributed by atoms with Crippen LogP contribution in [0.25, 0.3) is 0 Å². The molecule has 1 aliphatic rings. The van der Waals surface area contributed by atoms with Crippen LogP contribution in [0.2, 0.25) is 0 Å². The molecule has 0 aromatic rings. The quantitative estimate of drug-likeness (QED) is 0.677. The van der Waals surface area contributed by atoms with Crippen molar-refractivity contribution in [1.82, 2.24) is 10.2 Å². The number of hydrogen-bond donors (Lipinski definition) is 1. The van der Waals surface area contributed by atoms with E-state index in [2.05, 4.69) is 26.1 Å². The van der Waals surface area contributed by atoms with Gasteiger partial charge in [0.1, 0.15) is 5.60 Å². The van der Waals surface area contributed by atoms with Gasteiger partial charge in [-0.15, -0.1) is 0 Å². The summed E-state index contributed by atoms with van der Waals surface area (Å²) in [4.78, 5) is 14.1. The molecular weight excluding hydrogens is 312 g/mol. The Morgan fingerprint density at radius 3 is 2.08 bits per heavy atom. The first-order valence-electron chi connectivity index (χ1n) is 10.1. The van der Waals surface area contributed by atoms with Crippen LogP contribution in [0.1, 0.15) is 81.1 Å². The number of ether oxygens (including phenoxy) is 1. The van der Waals surface area contributed by atoms with Gasteiger partial charge in [-0.05, 0) is 84.1 Å². The largest absolute Gasteiger partial charge is 0.444 e. The summed E-state index contributed by atoms with van der Waals surface area (Å²) in [5.41, 5.74) is 0.00687. The lowest BCUT2D eigenvalue weighted by Gasteiger charge is -2.37. The minimum atomic E-state index is -0.441. The van der Waals surface area contributed by atoms with Gasteiger partial charge in [0.2, 0.25) is 0 Å². The molecule has 0 aliphatic heterocycles. The molecule has 1 fully saturated rings. The van der Waals surface area contributed by atoms with Gasteiger partial charge in [0.05, 0.1) is 0 Å². The Balaban J connectivity index is 2.30. The molecule has 1 N–H and O–H groups in total. The van der Waals surface area contributed by atoms with Gasteiger partial charge >= 0.3 is 6.09 Å². The van der Waals surface area contributed by atoms with Crippen molar-refractivity contribution >= 4 is 6.09 Å². The van der Waals surface area contributed by atoms with Gasteiger partial charge in [-0.25, -0.2) is 4.79 Å². The zero-order chi connectivity index (χ0) is 19.3. The van der Waals surface area contributed by atoms with Crippen LogP contribution < -0.4 is 5.32 Å². The van der Waals surface area contributed by atoms with E-state index in [1.807, 2.05) is 39.5 Å². The van der Waals surface area contributed by atoms with Crippen molar-refractivity contribution in [3.05, 3.63) is 0 Å². The molecule has 0 heterocycles. The lowest BCUT2D eigenvalue weighted by Crippen LogP contribution is -2.44. The maximum absolute atomic E-state index is 12.3. The van der Waals surface area contributed by atoms with E-state index >= 15 is 0 Å². The average molecular weight is 355 g/mol. The molecule has 1 aliphatic carbocycles. The Labute approximate surface area is 156 Å². The number of rotatable bonds is 6. The van der Waals surface area contributed by atoms with E-state index in [9.17, 15) is 4.79 Å². The fourth-order valence-electron chi connectivity index (χ4n) is 3.62. The third-order valence-corrected chi connectivity index (χ3v) is 5.29. The topological polar surface area (TPSA) is 41.6 Å². The Hall–Kier alpha value is -0.770. The zero-order valence-electron chi connectivity index (χ0n) is 17.9. The monoisotopic (exact) mass is 354 g/mol. The Morgan fingerprint density at radius 2 is 1.64 bits per heavy atom. The normalized spacial score (nSPS) is 22.1. The maximum atomic E-state index is 12.3. The smallest absolute Gasteiger partial charge is 0.410 e. The van der Waals surface area contributed by atoms with Gasteiger partial charge in [0, 0.05) is 19.1 Å². The summed E-state index contributed by atoms with van der Waals surface area (Å²) in [5.74, 6) is 1.65. The second-order valence-corrected chi connectivity index (χ2v) is 10.1. The number of carbonyl (C=O) groups is 1. The molecule has 1 amide bonds. The molecule has 148 valence electrons. The van der Waals surface area contributed by atoms with Crippen molar-refractivity contribution in [3.8, 4) is 0 Å². The number of amides is 1. The summed E-state index contributed by atoms with van der Waals surface area (Å²) in [6.07, 6.45) is 5.15. The van der Waals surface area contributed by atoms with E-state index in [1.54, 1.807) is 0 Å². The molecule has 1 rings (SSSR count). The fourth-order valence-corrected chi connectivity index (χ4v) is 3.62. The lowest BCUT2D eigenvalue weighted by molar-refractivity contribution is 0.0193. The van der Waals surface area contributed by atoms with Crippen LogP contribution in [0.3, 0.4) is 0 Å². The molecule has 0 unspecified atom stereocenters. The maximum Gasteiger partial charge on any atom is 0.410 e. The average Bonchev–Trinajstić information content (AvgIpc) is 2.44. The highest BCUT2D eigenvalue weighted by atomic mass is 16.6. The summed E-state index contributed by atoms with van der Waals surface area (Å²) in [7, 11) is 0. The van der Waals surface area contributed by atoms with E-state index < -0.39 is 5.60 Å². The van der Waals surface area contributed by atoms with Gasteiger partial charge in [-0.1, -0.05) is 20.8 Å². The minimum Gasteiger partial charge on any atom is -0.444 e. The van der Waals surface area contributed by atoms with Crippen molar-refractivity contribution in [3.63, 3.8) is 0 Å². The molecule has 0 atom stereocenters. The van der Waals surface area contributed by atoms with Crippen LogP contribution in [0.15, 0.2) is 0 Å². The van der Waals surface area contributed by atoms with E-state index in [0.29, 0.717) is 12.0 Å². The minimum absolute atomic E-state index is 0.152. The van der Waals surface area contributed by atoms with Gasteiger partial charge in [-0.3, -0.25) is 0 Å². The number of hydrogen-bond acceptors (Lipinski definition) is 3. The van der Waals surface area contributed by atoms with E-state index in [4.69, 9.17) is 4.74 Å². The molecule has 25 heavy (non-hydrogen) atoms. The van der Waals surface area contributed by atoms with Gasteiger partial charge < -0.3 is 15.0 Å². The second kappa shape index (κ2) is 9.25. The molecule has 0 radical (unpaired) electrons. The third kappa shape index (κ3) is 8.44. The van der Waals surface area contributed by atoms with E-state index in [0.717, 1.165) is 24.9 Å². The Morgan fingerprint density at radius 1 is 1.08 bits per heavy atom. The lowest BCUT2D eigenvalue weighted by atomic mass is 9.70. The molecule has 4 nitrogen and oxygen atoms in total. The van der Waals surface area contributed by atoms with Gasteiger partial charge in [0.25, 0.3) is 0 Å². The summed E-state index contributed by atoms with van der Waals surface area (Å²) in [5, 5.41) is 3.56. The number of nitrogens with one attached hydrogen (secondary N) is 1. The first-order valence-corrected chi connectivity index (χ1v) is 10.1. The molecule has 0 spiro atoms. The van der Waals surface area contributed by atoms with Crippen LogP contribution in [0.4, 0.5) is 4.79 Å².